The minimum absolute atomic E-state index is 0.859. The van der Waals surface area contributed by atoms with Crippen molar-refractivity contribution in [2.24, 2.45) is 11.3 Å². The average Bonchev–Trinajstić information content (AvgIpc) is 2.20. The van der Waals surface area contributed by atoms with Crippen molar-refractivity contribution >= 4 is 0 Å². The molecule has 2 fully saturated rings. The zero-order valence-electron chi connectivity index (χ0n) is 9.03. The second kappa shape index (κ2) is 4.30. The van der Waals surface area contributed by atoms with Crippen LogP contribution in [0.4, 0.5) is 0 Å². The second-order valence-electron chi connectivity index (χ2n) is 4.36. The molecule has 0 aromatic carbocycles. The summed E-state index contributed by atoms with van der Waals surface area (Å²) >= 11 is 0. The summed E-state index contributed by atoms with van der Waals surface area (Å²) in [6.45, 7) is 6.45. The van der Waals surface area contributed by atoms with Crippen LogP contribution in [0.1, 0.15) is 65.7 Å². The van der Waals surface area contributed by atoms with Gasteiger partial charge in [0.15, 0.2) is 0 Å². The van der Waals surface area contributed by atoms with Gasteiger partial charge in [-0.1, -0.05) is 40.0 Å². The lowest BCUT2D eigenvalue weighted by molar-refractivity contribution is 0.00308. The molecule has 0 N–H and O–H groups in total. The average molecular weight is 168 g/mol. The van der Waals surface area contributed by atoms with Crippen molar-refractivity contribution in [1.29, 1.82) is 0 Å². The minimum Gasteiger partial charge on any atom is -0.0683 e. The maximum atomic E-state index is 2.45. The highest BCUT2D eigenvalue weighted by Crippen LogP contribution is 2.55. The fourth-order valence-electron chi connectivity index (χ4n) is 2.84. The van der Waals surface area contributed by atoms with Crippen molar-refractivity contribution < 1.29 is 0 Å². The predicted octanol–water partition coefficient (Wildman–Crippen LogP) is 4.39. The monoisotopic (exact) mass is 168 g/mol. The molecule has 1 atom stereocenters. The van der Waals surface area contributed by atoms with Crippen LogP contribution in [-0.2, 0) is 0 Å². The smallest absolute Gasteiger partial charge is 0.0272 e. The molecule has 0 aliphatic heterocycles. The fraction of sp³-hybridized carbons (Fsp3) is 1.00. The Morgan fingerprint density at radius 1 is 0.917 bits per heavy atom. The Morgan fingerprint density at radius 2 is 1.50 bits per heavy atom. The molecule has 0 heterocycles. The topological polar surface area (TPSA) is 0 Å². The first-order valence-electron chi connectivity index (χ1n) is 5.83. The molecule has 2 saturated carbocycles. The number of rotatable bonds is 0. The third-order valence-electron chi connectivity index (χ3n) is 3.97. The summed E-state index contributed by atoms with van der Waals surface area (Å²) < 4.78 is 0. The molecule has 0 aromatic heterocycles. The summed E-state index contributed by atoms with van der Waals surface area (Å²) in [5.74, 6) is 1.06. The van der Waals surface area contributed by atoms with E-state index in [1.807, 2.05) is 13.8 Å². The third kappa shape index (κ3) is 1.67. The lowest BCUT2D eigenvalue weighted by Crippen LogP contribution is -2.39. The molecule has 1 spiro atoms. The van der Waals surface area contributed by atoms with Gasteiger partial charge in [-0.3, -0.25) is 0 Å². The summed E-state index contributed by atoms with van der Waals surface area (Å²) in [7, 11) is 0. The molecular formula is C12H24. The molecule has 0 saturated heterocycles. The Balaban J connectivity index is 0.000000336. The highest BCUT2D eigenvalue weighted by atomic mass is 14.5. The van der Waals surface area contributed by atoms with Crippen molar-refractivity contribution in [2.45, 2.75) is 65.7 Å². The molecule has 0 nitrogen and oxygen atoms in total. The Bertz CT molecular complexity index is 120. The molecule has 0 radical (unpaired) electrons. The van der Waals surface area contributed by atoms with E-state index in [-0.39, 0.29) is 0 Å². The molecule has 2 aliphatic carbocycles. The maximum absolute atomic E-state index is 2.45. The van der Waals surface area contributed by atoms with Crippen LogP contribution < -0.4 is 0 Å². The van der Waals surface area contributed by atoms with Crippen LogP contribution in [0.5, 0.6) is 0 Å². The molecule has 2 aliphatic rings. The van der Waals surface area contributed by atoms with Crippen LogP contribution in [0, 0.1) is 11.3 Å². The van der Waals surface area contributed by atoms with Gasteiger partial charge in [0.05, 0.1) is 0 Å². The van der Waals surface area contributed by atoms with Crippen molar-refractivity contribution in [3.63, 3.8) is 0 Å². The molecule has 0 aromatic rings. The maximum Gasteiger partial charge on any atom is -0.0272 e. The van der Waals surface area contributed by atoms with E-state index in [1.54, 1.807) is 19.3 Å². The van der Waals surface area contributed by atoms with E-state index >= 15 is 0 Å². The first-order chi connectivity index (χ1) is 5.83. The van der Waals surface area contributed by atoms with Crippen LogP contribution in [-0.4, -0.2) is 0 Å². The quantitative estimate of drug-likeness (QED) is 0.503. The second-order valence-corrected chi connectivity index (χ2v) is 4.36. The van der Waals surface area contributed by atoms with Crippen molar-refractivity contribution in [3.05, 3.63) is 0 Å². The van der Waals surface area contributed by atoms with Crippen molar-refractivity contribution in [3.8, 4) is 0 Å². The van der Waals surface area contributed by atoms with Gasteiger partial charge in [0, 0.05) is 0 Å². The molecule has 0 amide bonds. The lowest BCUT2D eigenvalue weighted by atomic mass is 9.55. The van der Waals surface area contributed by atoms with Gasteiger partial charge in [0.25, 0.3) is 0 Å². The van der Waals surface area contributed by atoms with Crippen LogP contribution in [0.2, 0.25) is 0 Å². The standard InChI is InChI=1S/C10H18.C2H6/c1-9-5-8-10(9)6-3-2-4-7-10;1-2/h9H,2-8H2,1H3;1-2H3. The van der Waals surface area contributed by atoms with E-state index < -0.39 is 0 Å². The molecule has 12 heavy (non-hydrogen) atoms. The van der Waals surface area contributed by atoms with Crippen LogP contribution >= 0.6 is 0 Å². The van der Waals surface area contributed by atoms with Gasteiger partial charge in [-0.15, -0.1) is 0 Å². The van der Waals surface area contributed by atoms with E-state index in [1.165, 1.54) is 25.7 Å². The summed E-state index contributed by atoms with van der Waals surface area (Å²) in [5, 5.41) is 0. The Kier molecular flexibility index (Phi) is 3.61. The van der Waals surface area contributed by atoms with Gasteiger partial charge in [-0.05, 0) is 37.0 Å². The van der Waals surface area contributed by atoms with Gasteiger partial charge < -0.3 is 0 Å². The molecule has 1 unspecified atom stereocenters. The van der Waals surface area contributed by atoms with Gasteiger partial charge >= 0.3 is 0 Å². The van der Waals surface area contributed by atoms with E-state index in [4.69, 9.17) is 0 Å². The van der Waals surface area contributed by atoms with E-state index in [0.717, 1.165) is 11.3 Å². The SMILES string of the molecule is CC.CC1CCC12CCCCC2. The van der Waals surface area contributed by atoms with E-state index in [2.05, 4.69) is 6.92 Å². The third-order valence-corrected chi connectivity index (χ3v) is 3.97. The Labute approximate surface area is 77.7 Å². The number of hydrogen-bond acceptors (Lipinski definition) is 0. The minimum atomic E-state index is 0.859. The lowest BCUT2D eigenvalue weighted by Gasteiger charge is -2.51. The first kappa shape index (κ1) is 10.1. The summed E-state index contributed by atoms with van der Waals surface area (Å²) in [4.78, 5) is 0. The van der Waals surface area contributed by atoms with Crippen molar-refractivity contribution in [2.75, 3.05) is 0 Å². The normalized spacial score (nSPS) is 31.8. The zero-order chi connectivity index (χ0) is 9.03. The molecular weight excluding hydrogens is 144 g/mol. The summed E-state index contributed by atoms with van der Waals surface area (Å²) in [6, 6.07) is 0. The van der Waals surface area contributed by atoms with E-state index in [9.17, 15) is 0 Å². The molecule has 0 bridgehead atoms. The van der Waals surface area contributed by atoms with Crippen LogP contribution in [0.25, 0.3) is 0 Å². The first-order valence-corrected chi connectivity index (χ1v) is 5.83. The Morgan fingerprint density at radius 3 is 1.75 bits per heavy atom. The van der Waals surface area contributed by atoms with Gasteiger partial charge in [-0.2, -0.15) is 0 Å². The fourth-order valence-corrected chi connectivity index (χ4v) is 2.84. The Hall–Kier alpha value is 0. The molecule has 0 heteroatoms. The highest BCUT2D eigenvalue weighted by molar-refractivity contribution is 4.94. The highest BCUT2D eigenvalue weighted by Gasteiger charge is 2.43. The summed E-state index contributed by atoms with van der Waals surface area (Å²) in [6.07, 6.45) is 10.7. The predicted molar refractivity (Wildman–Crippen MR) is 55.3 cm³/mol. The largest absolute Gasteiger partial charge is 0.0683 e. The van der Waals surface area contributed by atoms with E-state index in [0.29, 0.717) is 0 Å². The van der Waals surface area contributed by atoms with Crippen LogP contribution in [0.3, 0.4) is 0 Å². The van der Waals surface area contributed by atoms with Crippen LogP contribution in [0.15, 0.2) is 0 Å². The van der Waals surface area contributed by atoms with Crippen molar-refractivity contribution in [1.82, 2.24) is 0 Å². The van der Waals surface area contributed by atoms with Gasteiger partial charge in [0.1, 0.15) is 0 Å². The number of hydrogen-bond donors (Lipinski definition) is 0. The van der Waals surface area contributed by atoms with Gasteiger partial charge in [0.2, 0.25) is 0 Å². The summed E-state index contributed by atoms with van der Waals surface area (Å²) in [5.41, 5.74) is 0.859. The van der Waals surface area contributed by atoms with Gasteiger partial charge in [-0.25, -0.2) is 0 Å². The zero-order valence-corrected chi connectivity index (χ0v) is 9.03. The molecule has 2 rings (SSSR count). The molecule has 72 valence electrons.